The Bertz CT molecular complexity index is 950. The second kappa shape index (κ2) is 9.45. The minimum atomic E-state index is -0.661. The van der Waals surface area contributed by atoms with E-state index < -0.39 is 12.1 Å². The number of methoxy groups -OCH3 is 1. The highest BCUT2D eigenvalue weighted by atomic mass is 19.1. The van der Waals surface area contributed by atoms with Crippen LogP contribution in [-0.4, -0.2) is 55.7 Å². The second-order valence-corrected chi connectivity index (χ2v) is 7.92. The van der Waals surface area contributed by atoms with E-state index in [9.17, 15) is 14.0 Å². The van der Waals surface area contributed by atoms with Crippen molar-refractivity contribution in [2.75, 3.05) is 37.4 Å². The summed E-state index contributed by atoms with van der Waals surface area (Å²) in [7, 11) is 1.57. The monoisotopic (exact) mass is 426 g/mol. The number of carbonyl (C=O) groups is 2. The number of amides is 3. The predicted molar refractivity (Wildman–Crippen MR) is 117 cm³/mol. The highest BCUT2D eigenvalue weighted by Gasteiger charge is 2.40. The van der Waals surface area contributed by atoms with E-state index in [4.69, 9.17) is 4.74 Å². The van der Waals surface area contributed by atoms with Crippen molar-refractivity contribution in [2.24, 2.45) is 0 Å². The minimum Gasteiger partial charge on any atom is -0.380 e. The highest BCUT2D eigenvalue weighted by Crippen LogP contribution is 2.24. The van der Waals surface area contributed by atoms with E-state index in [1.54, 1.807) is 7.11 Å². The molecule has 2 unspecified atom stereocenters. The number of benzene rings is 2. The number of hydrogen-bond acceptors (Lipinski definition) is 4. The maximum absolute atomic E-state index is 13.1. The van der Waals surface area contributed by atoms with Gasteiger partial charge in [-0.2, -0.15) is 0 Å². The summed E-state index contributed by atoms with van der Waals surface area (Å²) in [6.45, 7) is 2.18. The number of nitrogens with zero attached hydrogens (tertiary/aromatic N) is 1. The summed E-state index contributed by atoms with van der Waals surface area (Å²) < 4.78 is 18.5. The van der Waals surface area contributed by atoms with Gasteiger partial charge in [0.05, 0.1) is 6.10 Å². The van der Waals surface area contributed by atoms with Gasteiger partial charge in [0.25, 0.3) is 0 Å². The molecule has 4 rings (SSSR count). The predicted octanol–water partition coefficient (Wildman–Crippen LogP) is 2.77. The first-order valence-corrected chi connectivity index (χ1v) is 10.5. The molecule has 7 nitrogen and oxygen atoms in total. The Morgan fingerprint density at radius 3 is 2.48 bits per heavy atom. The molecule has 0 aromatic heterocycles. The van der Waals surface area contributed by atoms with Gasteiger partial charge in [0.1, 0.15) is 11.9 Å². The Morgan fingerprint density at radius 1 is 1.03 bits per heavy atom. The number of rotatable bonds is 4. The van der Waals surface area contributed by atoms with E-state index >= 15 is 0 Å². The molecule has 2 aromatic rings. The van der Waals surface area contributed by atoms with Gasteiger partial charge in [-0.1, -0.05) is 6.07 Å². The standard InChI is InChI=1S/C23H27FN4O3/c1-31-20-13-21(28(14-20)23(30)27-18-6-3-17(24)4-7-18)22(29)26-19-5-2-15-8-10-25-11-9-16(15)12-19/h2-7,12,20-21,25H,8-11,13-14H2,1H3,(H,26,29)(H,27,30). The van der Waals surface area contributed by atoms with Crippen molar-refractivity contribution in [1.82, 2.24) is 10.2 Å². The first-order valence-electron chi connectivity index (χ1n) is 10.5. The number of urea groups is 1. The van der Waals surface area contributed by atoms with E-state index in [1.165, 1.54) is 40.3 Å². The molecule has 2 aliphatic heterocycles. The molecule has 0 radical (unpaired) electrons. The molecule has 31 heavy (non-hydrogen) atoms. The van der Waals surface area contributed by atoms with Crippen molar-refractivity contribution in [3.8, 4) is 0 Å². The van der Waals surface area contributed by atoms with Gasteiger partial charge >= 0.3 is 6.03 Å². The zero-order chi connectivity index (χ0) is 21.8. The topological polar surface area (TPSA) is 82.7 Å². The summed E-state index contributed by atoms with van der Waals surface area (Å²) in [6.07, 6.45) is 2.07. The van der Waals surface area contributed by atoms with E-state index in [1.807, 2.05) is 12.1 Å². The lowest BCUT2D eigenvalue weighted by atomic mass is 10.0. The average molecular weight is 426 g/mol. The van der Waals surface area contributed by atoms with Crippen LogP contribution in [0.25, 0.3) is 0 Å². The zero-order valence-corrected chi connectivity index (χ0v) is 17.5. The molecule has 0 saturated carbocycles. The van der Waals surface area contributed by atoms with Crippen LogP contribution in [0.15, 0.2) is 42.5 Å². The van der Waals surface area contributed by atoms with Crippen LogP contribution in [0.3, 0.4) is 0 Å². The normalized spacial score (nSPS) is 20.6. The molecule has 3 amide bonds. The first kappa shape index (κ1) is 21.3. The van der Waals surface area contributed by atoms with Crippen molar-refractivity contribution in [3.63, 3.8) is 0 Å². The number of halogens is 1. The lowest BCUT2D eigenvalue weighted by Crippen LogP contribution is -2.45. The van der Waals surface area contributed by atoms with Crippen LogP contribution in [0.1, 0.15) is 17.5 Å². The van der Waals surface area contributed by atoms with Gasteiger partial charge in [-0.25, -0.2) is 9.18 Å². The van der Waals surface area contributed by atoms with Crippen LogP contribution in [0.4, 0.5) is 20.6 Å². The fourth-order valence-electron chi connectivity index (χ4n) is 4.15. The lowest BCUT2D eigenvalue weighted by molar-refractivity contribution is -0.119. The van der Waals surface area contributed by atoms with Crippen LogP contribution in [-0.2, 0) is 22.4 Å². The van der Waals surface area contributed by atoms with E-state index in [0.29, 0.717) is 18.7 Å². The molecular weight excluding hydrogens is 399 g/mol. The van der Waals surface area contributed by atoms with Crippen molar-refractivity contribution < 1.29 is 18.7 Å². The molecule has 0 spiro atoms. The van der Waals surface area contributed by atoms with Gasteiger partial charge in [0.2, 0.25) is 5.91 Å². The summed E-state index contributed by atoms with van der Waals surface area (Å²) in [6, 6.07) is 10.4. The van der Waals surface area contributed by atoms with Gasteiger partial charge in [-0.15, -0.1) is 0 Å². The summed E-state index contributed by atoms with van der Waals surface area (Å²) in [5.41, 5.74) is 3.72. The number of ether oxygens (including phenoxy) is 1. The summed E-state index contributed by atoms with van der Waals surface area (Å²) >= 11 is 0. The third-order valence-corrected chi connectivity index (χ3v) is 5.87. The maximum atomic E-state index is 13.1. The molecule has 2 aromatic carbocycles. The zero-order valence-electron chi connectivity index (χ0n) is 17.5. The molecule has 8 heteroatoms. The molecule has 164 valence electrons. The SMILES string of the molecule is COC1CC(C(=O)Nc2ccc3c(c2)CCNCC3)N(C(=O)Nc2ccc(F)cc2)C1. The largest absolute Gasteiger partial charge is 0.380 e. The number of anilines is 2. The Hall–Kier alpha value is -2.97. The number of carbonyl (C=O) groups excluding carboxylic acids is 2. The third kappa shape index (κ3) is 5.03. The van der Waals surface area contributed by atoms with E-state index in [0.717, 1.165) is 31.6 Å². The number of likely N-dealkylation sites (tertiary alicyclic amines) is 1. The fourth-order valence-corrected chi connectivity index (χ4v) is 4.15. The lowest BCUT2D eigenvalue weighted by Gasteiger charge is -2.24. The third-order valence-electron chi connectivity index (χ3n) is 5.87. The number of fused-ring (bicyclic) bond motifs is 1. The average Bonchev–Trinajstić information content (AvgIpc) is 3.08. The molecule has 1 saturated heterocycles. The van der Waals surface area contributed by atoms with E-state index in [-0.39, 0.29) is 17.8 Å². The Morgan fingerprint density at radius 2 is 1.74 bits per heavy atom. The summed E-state index contributed by atoms with van der Waals surface area (Å²) in [5, 5.41) is 9.08. The van der Waals surface area contributed by atoms with Crippen LogP contribution in [0.5, 0.6) is 0 Å². The molecule has 1 fully saturated rings. The van der Waals surface area contributed by atoms with Gasteiger partial charge in [-0.05, 0) is 73.5 Å². The maximum Gasteiger partial charge on any atom is 0.322 e. The van der Waals surface area contributed by atoms with E-state index in [2.05, 4.69) is 22.0 Å². The van der Waals surface area contributed by atoms with Gasteiger partial charge in [-0.3, -0.25) is 4.79 Å². The highest BCUT2D eigenvalue weighted by molar-refractivity contribution is 5.99. The van der Waals surface area contributed by atoms with Crippen molar-refractivity contribution in [1.29, 1.82) is 0 Å². The molecule has 2 atom stereocenters. The molecule has 0 bridgehead atoms. The Balaban J connectivity index is 1.46. The Kier molecular flexibility index (Phi) is 6.48. The number of hydrogen-bond donors (Lipinski definition) is 3. The van der Waals surface area contributed by atoms with Crippen molar-refractivity contribution in [3.05, 3.63) is 59.4 Å². The molecule has 2 aliphatic rings. The van der Waals surface area contributed by atoms with Crippen LogP contribution < -0.4 is 16.0 Å². The van der Waals surface area contributed by atoms with Crippen LogP contribution >= 0.6 is 0 Å². The first-order chi connectivity index (χ1) is 15.0. The smallest absolute Gasteiger partial charge is 0.322 e. The fraction of sp³-hybridized carbons (Fsp3) is 0.391. The van der Waals surface area contributed by atoms with Gasteiger partial charge < -0.3 is 25.6 Å². The quantitative estimate of drug-likeness (QED) is 0.702. The number of nitrogens with one attached hydrogen (secondary N) is 3. The summed E-state index contributed by atoms with van der Waals surface area (Å²) in [4.78, 5) is 27.4. The van der Waals surface area contributed by atoms with Crippen LogP contribution in [0.2, 0.25) is 0 Å². The second-order valence-electron chi connectivity index (χ2n) is 7.92. The van der Waals surface area contributed by atoms with Crippen LogP contribution in [0, 0.1) is 5.82 Å². The molecule has 0 aliphatic carbocycles. The molecule has 3 N–H and O–H groups in total. The summed E-state index contributed by atoms with van der Waals surface area (Å²) in [5.74, 6) is -0.632. The Labute approximate surface area is 181 Å². The minimum absolute atomic E-state index is 0.229. The van der Waals surface area contributed by atoms with Gasteiger partial charge in [0.15, 0.2) is 0 Å². The molecule has 2 heterocycles. The van der Waals surface area contributed by atoms with Crippen molar-refractivity contribution in [2.45, 2.75) is 31.4 Å². The molecular formula is C23H27FN4O3. The van der Waals surface area contributed by atoms with Crippen molar-refractivity contribution >= 4 is 23.3 Å². The van der Waals surface area contributed by atoms with Gasteiger partial charge in [0, 0.05) is 31.5 Å².